The number of hydrogen-bond acceptors (Lipinski definition) is 4. The van der Waals surface area contributed by atoms with E-state index in [1.807, 2.05) is 6.08 Å². The van der Waals surface area contributed by atoms with Gasteiger partial charge in [0.2, 0.25) is 0 Å². The molecule has 0 aliphatic rings. The first kappa shape index (κ1) is 29.1. The van der Waals surface area contributed by atoms with Gasteiger partial charge in [-0.25, -0.2) is 0 Å². The minimum Gasteiger partial charge on any atom is -0.461 e. The molecule has 0 fully saturated rings. The Hall–Kier alpha value is -0.870. The number of allylic oxidation sites excluding steroid dienone is 1. The molecule has 0 rings (SSSR count). The first-order valence-electron chi connectivity index (χ1n) is 12.8. The molecule has 0 heterocycles. The topological polar surface area (TPSA) is 47.6 Å². The Labute approximate surface area is 187 Å². The summed E-state index contributed by atoms with van der Waals surface area (Å²) in [6.07, 6.45) is 24.5. The van der Waals surface area contributed by atoms with Crippen molar-refractivity contribution in [1.82, 2.24) is 5.32 Å². The maximum absolute atomic E-state index is 11.7. The minimum absolute atomic E-state index is 0.0500. The molecule has 0 bridgehead atoms. The third-order valence-electron chi connectivity index (χ3n) is 5.42. The molecule has 4 heteroatoms. The molecule has 0 atom stereocenters. The molecule has 30 heavy (non-hydrogen) atoms. The average molecular weight is 426 g/mol. The Morgan fingerprint density at radius 3 is 2.00 bits per heavy atom. The molecule has 0 saturated heterocycles. The van der Waals surface area contributed by atoms with Gasteiger partial charge in [0, 0.05) is 20.1 Å². The average Bonchev–Trinajstić information content (AvgIpc) is 2.75. The molecule has 0 amide bonds. The molecule has 1 N–H and O–H groups in total. The van der Waals surface area contributed by atoms with Gasteiger partial charge in [-0.15, -0.1) is 0 Å². The van der Waals surface area contributed by atoms with Crippen molar-refractivity contribution in [2.24, 2.45) is 0 Å². The highest BCUT2D eigenvalue weighted by Crippen LogP contribution is 2.07. The number of esters is 1. The number of rotatable bonds is 24. The summed E-state index contributed by atoms with van der Waals surface area (Å²) in [5.41, 5.74) is 0. The van der Waals surface area contributed by atoms with Gasteiger partial charge in [0.1, 0.15) is 6.61 Å². The Bertz CT molecular complexity index is 371. The van der Waals surface area contributed by atoms with E-state index in [4.69, 9.17) is 9.47 Å². The summed E-state index contributed by atoms with van der Waals surface area (Å²) in [6, 6.07) is 0. The van der Waals surface area contributed by atoms with E-state index in [-0.39, 0.29) is 5.97 Å². The van der Waals surface area contributed by atoms with Crippen molar-refractivity contribution in [2.75, 3.05) is 33.4 Å². The van der Waals surface area contributed by atoms with E-state index in [2.05, 4.69) is 18.3 Å². The molecule has 4 nitrogen and oxygen atoms in total. The molecule has 0 unspecified atom stereocenters. The highest BCUT2D eigenvalue weighted by molar-refractivity contribution is 5.69. The van der Waals surface area contributed by atoms with Gasteiger partial charge >= 0.3 is 5.97 Å². The summed E-state index contributed by atoms with van der Waals surface area (Å²) in [7, 11) is 1.78. The number of hydrogen-bond donors (Lipinski definition) is 1. The van der Waals surface area contributed by atoms with Crippen LogP contribution in [0.2, 0.25) is 0 Å². The van der Waals surface area contributed by atoms with Crippen LogP contribution in [0.5, 0.6) is 0 Å². The van der Waals surface area contributed by atoms with Crippen molar-refractivity contribution in [3.63, 3.8) is 0 Å². The quantitative estimate of drug-likeness (QED) is 0.103. The Morgan fingerprint density at radius 2 is 1.33 bits per heavy atom. The van der Waals surface area contributed by atoms with Crippen LogP contribution in [0, 0.1) is 0 Å². The summed E-state index contributed by atoms with van der Waals surface area (Å²) in [5.74, 6) is -0.0500. The van der Waals surface area contributed by atoms with E-state index >= 15 is 0 Å². The molecule has 0 saturated carbocycles. The summed E-state index contributed by atoms with van der Waals surface area (Å²) in [5, 5.41) is 3.55. The molecule has 178 valence electrons. The molecule has 0 aliphatic carbocycles. The van der Waals surface area contributed by atoms with Gasteiger partial charge in [0.25, 0.3) is 0 Å². The monoisotopic (exact) mass is 425 g/mol. The fraction of sp³-hybridized carbons (Fsp3) is 0.885. The van der Waals surface area contributed by atoms with E-state index in [9.17, 15) is 4.79 Å². The number of nitrogens with one attached hydrogen (secondary N) is 1. The summed E-state index contributed by atoms with van der Waals surface area (Å²) >= 11 is 0. The summed E-state index contributed by atoms with van der Waals surface area (Å²) < 4.78 is 10.3. The molecule has 0 aromatic heterocycles. The molecule has 0 spiro atoms. The second-order valence-corrected chi connectivity index (χ2v) is 8.39. The largest absolute Gasteiger partial charge is 0.461 e. The minimum atomic E-state index is -0.0500. The van der Waals surface area contributed by atoms with Crippen LogP contribution in [0.1, 0.15) is 116 Å². The zero-order chi connectivity index (χ0) is 22.0. The van der Waals surface area contributed by atoms with Crippen LogP contribution in [0.25, 0.3) is 0 Å². The normalized spacial score (nSPS) is 11.4. The number of ether oxygens (including phenoxy) is 2. The van der Waals surface area contributed by atoms with Crippen LogP contribution in [0.4, 0.5) is 0 Å². The second kappa shape index (κ2) is 26.2. The van der Waals surface area contributed by atoms with Crippen LogP contribution in [0.3, 0.4) is 0 Å². The first-order chi connectivity index (χ1) is 14.8. The highest BCUT2D eigenvalue weighted by atomic mass is 16.5. The van der Waals surface area contributed by atoms with Crippen molar-refractivity contribution in [3.05, 3.63) is 12.2 Å². The van der Waals surface area contributed by atoms with E-state index in [1.165, 1.54) is 83.5 Å². The zero-order valence-corrected chi connectivity index (χ0v) is 20.2. The van der Waals surface area contributed by atoms with Crippen molar-refractivity contribution in [1.29, 1.82) is 0 Å². The van der Waals surface area contributed by atoms with Crippen LogP contribution in [0.15, 0.2) is 12.2 Å². The fourth-order valence-electron chi connectivity index (χ4n) is 3.47. The predicted molar refractivity (Wildman–Crippen MR) is 129 cm³/mol. The molecular weight excluding hydrogens is 374 g/mol. The van der Waals surface area contributed by atoms with Gasteiger partial charge in [0.15, 0.2) is 0 Å². The lowest BCUT2D eigenvalue weighted by Gasteiger charge is -2.05. The molecular formula is C26H51NO3. The van der Waals surface area contributed by atoms with E-state index in [1.54, 1.807) is 7.11 Å². The molecule has 0 aliphatic heterocycles. The highest BCUT2D eigenvalue weighted by Gasteiger charge is 2.01. The van der Waals surface area contributed by atoms with Crippen LogP contribution < -0.4 is 5.32 Å². The lowest BCUT2D eigenvalue weighted by molar-refractivity contribution is -0.142. The Morgan fingerprint density at radius 1 is 0.733 bits per heavy atom. The van der Waals surface area contributed by atoms with E-state index < -0.39 is 0 Å². The number of methoxy groups -OCH3 is 1. The van der Waals surface area contributed by atoms with Gasteiger partial charge in [-0.1, -0.05) is 83.3 Å². The van der Waals surface area contributed by atoms with Crippen LogP contribution >= 0.6 is 0 Å². The third-order valence-corrected chi connectivity index (χ3v) is 5.42. The fourth-order valence-corrected chi connectivity index (χ4v) is 3.47. The van der Waals surface area contributed by atoms with Crippen molar-refractivity contribution in [2.45, 2.75) is 116 Å². The van der Waals surface area contributed by atoms with Crippen molar-refractivity contribution < 1.29 is 14.3 Å². The van der Waals surface area contributed by atoms with E-state index in [0.29, 0.717) is 13.0 Å². The maximum Gasteiger partial charge on any atom is 0.306 e. The van der Waals surface area contributed by atoms with Gasteiger partial charge in [0.05, 0.1) is 0 Å². The maximum atomic E-state index is 11.7. The number of carbonyl (C=O) groups excluding carboxylic acids is 1. The van der Waals surface area contributed by atoms with Gasteiger partial charge in [-0.05, 0) is 51.6 Å². The predicted octanol–water partition coefficient (Wildman–Crippen LogP) is 6.97. The molecule has 0 aromatic rings. The summed E-state index contributed by atoms with van der Waals surface area (Å²) in [4.78, 5) is 11.7. The smallest absolute Gasteiger partial charge is 0.306 e. The second-order valence-electron chi connectivity index (χ2n) is 8.39. The van der Waals surface area contributed by atoms with Gasteiger partial charge in [-0.3, -0.25) is 4.79 Å². The summed E-state index contributed by atoms with van der Waals surface area (Å²) in [6.45, 7) is 5.84. The Balaban J connectivity index is 3.17. The SMILES string of the molecule is CCCCCC/C=C\COC(=O)CCCCCCCNCCCCCCCCOC. The third kappa shape index (κ3) is 25.2. The Kier molecular flexibility index (Phi) is 25.4. The zero-order valence-electron chi connectivity index (χ0n) is 20.2. The molecule has 0 aromatic carbocycles. The lowest BCUT2D eigenvalue weighted by Crippen LogP contribution is -2.16. The van der Waals surface area contributed by atoms with Crippen molar-refractivity contribution >= 4 is 5.97 Å². The first-order valence-corrected chi connectivity index (χ1v) is 12.8. The van der Waals surface area contributed by atoms with Crippen LogP contribution in [-0.2, 0) is 14.3 Å². The number of unbranched alkanes of at least 4 members (excludes halogenated alkanes) is 13. The molecule has 0 radical (unpaired) electrons. The van der Waals surface area contributed by atoms with Gasteiger partial charge in [-0.2, -0.15) is 0 Å². The van der Waals surface area contributed by atoms with Crippen molar-refractivity contribution in [3.8, 4) is 0 Å². The standard InChI is InChI=1S/C26H51NO3/c1-3-4-5-6-8-15-20-25-30-26(28)21-16-11-10-13-18-23-27-22-17-12-7-9-14-19-24-29-2/h15,20,27H,3-14,16-19,21-25H2,1-2H3/b20-15-. The van der Waals surface area contributed by atoms with Gasteiger partial charge < -0.3 is 14.8 Å². The van der Waals surface area contributed by atoms with Crippen LogP contribution in [-0.4, -0.2) is 39.4 Å². The van der Waals surface area contributed by atoms with E-state index in [0.717, 1.165) is 39.0 Å². The number of carbonyl (C=O) groups is 1. The lowest BCUT2D eigenvalue weighted by atomic mass is 10.1.